The first-order chi connectivity index (χ1) is 8.52. The van der Waals surface area contributed by atoms with Gasteiger partial charge in [-0.2, -0.15) is 0 Å². The van der Waals surface area contributed by atoms with E-state index >= 15 is 0 Å². The van der Waals surface area contributed by atoms with Crippen LogP contribution in [0.1, 0.15) is 20.9 Å². The summed E-state index contributed by atoms with van der Waals surface area (Å²) in [4.78, 5) is 21.4. The highest BCUT2D eigenvalue weighted by atomic mass is 19.2. The van der Waals surface area contributed by atoms with Crippen LogP contribution in [0.5, 0.6) is 0 Å². The van der Waals surface area contributed by atoms with Crippen molar-refractivity contribution in [3.05, 3.63) is 47.2 Å². The molecule has 2 aromatic rings. The van der Waals surface area contributed by atoms with Gasteiger partial charge in [0, 0.05) is 5.56 Å². The molecule has 92 valence electrons. The molecule has 0 atom stereocenters. The number of carboxylic acids is 1. The van der Waals surface area contributed by atoms with Crippen LogP contribution in [-0.4, -0.2) is 17.4 Å². The minimum Gasteiger partial charge on any atom is -0.478 e. The van der Waals surface area contributed by atoms with Crippen LogP contribution in [0, 0.1) is 11.6 Å². The number of carboxylic acid groups (broad SMARTS) is 1. The summed E-state index contributed by atoms with van der Waals surface area (Å²) in [5.41, 5.74) is -0.574. The summed E-state index contributed by atoms with van der Waals surface area (Å²) in [6.07, 6.45) is 0.420. The van der Waals surface area contributed by atoms with Gasteiger partial charge >= 0.3 is 5.97 Å². The minimum absolute atomic E-state index is 0.0200. The van der Waals surface area contributed by atoms with Gasteiger partial charge < -0.3 is 9.52 Å². The van der Waals surface area contributed by atoms with Crippen molar-refractivity contribution in [1.82, 2.24) is 0 Å². The molecule has 0 spiro atoms. The third-order valence-corrected chi connectivity index (χ3v) is 2.30. The molecule has 0 bridgehead atoms. The zero-order valence-electron chi connectivity index (χ0n) is 8.81. The molecule has 0 amide bonds. The molecule has 4 nitrogen and oxygen atoms in total. The Balaban J connectivity index is 2.65. The summed E-state index contributed by atoms with van der Waals surface area (Å²) in [6.45, 7) is 0. The molecule has 0 aliphatic carbocycles. The lowest BCUT2D eigenvalue weighted by atomic mass is 10.0. The van der Waals surface area contributed by atoms with Gasteiger partial charge in [-0.25, -0.2) is 13.6 Å². The third kappa shape index (κ3) is 2.00. The van der Waals surface area contributed by atoms with Crippen molar-refractivity contribution < 1.29 is 27.9 Å². The van der Waals surface area contributed by atoms with Crippen molar-refractivity contribution in [2.75, 3.05) is 0 Å². The molecule has 0 radical (unpaired) electrons. The Morgan fingerprint density at radius 1 is 1.22 bits per heavy atom. The van der Waals surface area contributed by atoms with Crippen LogP contribution in [0.25, 0.3) is 11.3 Å². The van der Waals surface area contributed by atoms with Gasteiger partial charge in [-0.15, -0.1) is 0 Å². The molecule has 6 heteroatoms. The highest BCUT2D eigenvalue weighted by Crippen LogP contribution is 2.27. The Hall–Kier alpha value is -2.50. The third-order valence-electron chi connectivity index (χ3n) is 2.30. The summed E-state index contributed by atoms with van der Waals surface area (Å²) in [7, 11) is 0. The molecule has 1 aromatic heterocycles. The van der Waals surface area contributed by atoms with E-state index in [1.165, 1.54) is 12.1 Å². The maximum Gasteiger partial charge on any atom is 0.336 e. The Morgan fingerprint density at radius 2 is 1.89 bits per heavy atom. The largest absolute Gasteiger partial charge is 0.478 e. The van der Waals surface area contributed by atoms with Crippen LogP contribution < -0.4 is 0 Å². The number of carbonyl (C=O) groups excluding carboxylic acids is 1. The maximum atomic E-state index is 13.1. The lowest BCUT2D eigenvalue weighted by Gasteiger charge is -2.04. The number of carbonyl (C=O) groups is 2. The molecule has 0 unspecified atom stereocenters. The van der Waals surface area contributed by atoms with Crippen molar-refractivity contribution >= 4 is 12.3 Å². The Bertz CT molecular complexity index is 631. The molecule has 0 aliphatic rings. The monoisotopic (exact) mass is 252 g/mol. The number of furan rings is 1. The van der Waals surface area contributed by atoms with Crippen LogP contribution in [0.3, 0.4) is 0 Å². The fourth-order valence-electron chi connectivity index (χ4n) is 1.49. The SMILES string of the molecule is O=Cc1ccc(-c2cc(F)c(F)cc2C(=O)O)o1. The van der Waals surface area contributed by atoms with Crippen molar-refractivity contribution in [2.45, 2.75) is 0 Å². The second-order valence-corrected chi connectivity index (χ2v) is 3.44. The van der Waals surface area contributed by atoms with Crippen molar-refractivity contribution in [2.24, 2.45) is 0 Å². The summed E-state index contributed by atoms with van der Waals surface area (Å²) in [5.74, 6) is -3.94. The Labute approximate surface area is 99.5 Å². The molecule has 1 N–H and O–H groups in total. The highest BCUT2D eigenvalue weighted by molar-refractivity contribution is 5.95. The van der Waals surface area contributed by atoms with Crippen LogP contribution in [0.2, 0.25) is 0 Å². The molecule has 1 heterocycles. The van der Waals surface area contributed by atoms with E-state index in [4.69, 9.17) is 9.52 Å². The zero-order chi connectivity index (χ0) is 13.3. The van der Waals surface area contributed by atoms with Crippen LogP contribution in [-0.2, 0) is 0 Å². The molecule has 0 aliphatic heterocycles. The normalized spacial score (nSPS) is 10.3. The fraction of sp³-hybridized carbons (Fsp3) is 0. The number of aromatic carboxylic acids is 1. The van der Waals surface area contributed by atoms with Gasteiger partial charge in [-0.1, -0.05) is 0 Å². The zero-order valence-corrected chi connectivity index (χ0v) is 8.81. The topological polar surface area (TPSA) is 67.5 Å². The van der Waals surface area contributed by atoms with E-state index in [-0.39, 0.29) is 17.1 Å². The van der Waals surface area contributed by atoms with Gasteiger partial charge in [0.15, 0.2) is 23.7 Å². The van der Waals surface area contributed by atoms with E-state index in [1.54, 1.807) is 0 Å². The lowest BCUT2D eigenvalue weighted by Crippen LogP contribution is -2.02. The molecule has 0 fully saturated rings. The summed E-state index contributed by atoms with van der Waals surface area (Å²) < 4.78 is 31.1. The maximum absolute atomic E-state index is 13.1. The quantitative estimate of drug-likeness (QED) is 0.853. The Kier molecular flexibility index (Phi) is 2.93. The molecule has 1 aromatic carbocycles. The summed E-state index contributed by atoms with van der Waals surface area (Å²) in [6, 6.07) is 3.89. The first-order valence-corrected chi connectivity index (χ1v) is 4.80. The van der Waals surface area contributed by atoms with Gasteiger partial charge in [-0.05, 0) is 24.3 Å². The van der Waals surface area contributed by atoms with Gasteiger partial charge in [0.2, 0.25) is 0 Å². The van der Waals surface area contributed by atoms with Crippen molar-refractivity contribution in [3.8, 4) is 11.3 Å². The predicted octanol–water partition coefficient (Wildman–Crippen LogP) is 2.74. The molecular weight excluding hydrogens is 246 g/mol. The van der Waals surface area contributed by atoms with Crippen molar-refractivity contribution in [1.29, 1.82) is 0 Å². The minimum atomic E-state index is -1.42. The molecule has 18 heavy (non-hydrogen) atoms. The van der Waals surface area contributed by atoms with Crippen LogP contribution >= 0.6 is 0 Å². The van der Waals surface area contributed by atoms with Crippen LogP contribution in [0.15, 0.2) is 28.7 Å². The smallest absolute Gasteiger partial charge is 0.336 e. The van der Waals surface area contributed by atoms with E-state index in [9.17, 15) is 18.4 Å². The first-order valence-electron chi connectivity index (χ1n) is 4.80. The van der Waals surface area contributed by atoms with E-state index in [0.29, 0.717) is 18.4 Å². The molecule has 0 saturated carbocycles. The average Bonchev–Trinajstić information content (AvgIpc) is 2.80. The fourth-order valence-corrected chi connectivity index (χ4v) is 1.49. The number of benzene rings is 1. The van der Waals surface area contributed by atoms with E-state index < -0.39 is 23.2 Å². The van der Waals surface area contributed by atoms with Crippen LogP contribution in [0.4, 0.5) is 8.78 Å². The first kappa shape index (κ1) is 12.0. The number of rotatable bonds is 3. The summed E-state index contributed by atoms with van der Waals surface area (Å²) >= 11 is 0. The number of halogens is 2. The van der Waals surface area contributed by atoms with Gasteiger partial charge in [0.1, 0.15) is 5.76 Å². The van der Waals surface area contributed by atoms with Gasteiger partial charge in [0.05, 0.1) is 5.56 Å². The Morgan fingerprint density at radius 3 is 2.44 bits per heavy atom. The molecule has 0 saturated heterocycles. The second-order valence-electron chi connectivity index (χ2n) is 3.44. The molecule has 2 rings (SSSR count). The van der Waals surface area contributed by atoms with E-state index in [0.717, 1.165) is 0 Å². The standard InChI is InChI=1S/C12H6F2O4/c13-9-3-7(8(12(16)17)4-10(9)14)11-2-1-6(5-15)18-11/h1-5H,(H,16,17). The average molecular weight is 252 g/mol. The number of aldehydes is 1. The number of hydrogen-bond acceptors (Lipinski definition) is 3. The predicted molar refractivity (Wildman–Crippen MR) is 56.4 cm³/mol. The summed E-state index contributed by atoms with van der Waals surface area (Å²) in [5, 5.41) is 8.91. The lowest BCUT2D eigenvalue weighted by molar-refractivity contribution is 0.0696. The highest BCUT2D eigenvalue weighted by Gasteiger charge is 2.18. The second kappa shape index (κ2) is 4.40. The van der Waals surface area contributed by atoms with Crippen molar-refractivity contribution in [3.63, 3.8) is 0 Å². The van der Waals surface area contributed by atoms with Gasteiger partial charge in [-0.3, -0.25) is 4.79 Å². The van der Waals surface area contributed by atoms with E-state index in [2.05, 4.69) is 0 Å². The molecular formula is C12H6F2O4. The number of hydrogen-bond donors (Lipinski definition) is 1. The van der Waals surface area contributed by atoms with E-state index in [1.807, 2.05) is 0 Å². The van der Waals surface area contributed by atoms with Gasteiger partial charge in [0.25, 0.3) is 0 Å².